The van der Waals surface area contributed by atoms with Crippen molar-refractivity contribution >= 4 is 36.5 Å². The molecular formula is C14H10ClN3Se. The van der Waals surface area contributed by atoms with E-state index in [1.165, 1.54) is 0 Å². The third-order valence-electron chi connectivity index (χ3n) is 2.54. The molecule has 0 atom stereocenters. The van der Waals surface area contributed by atoms with Gasteiger partial charge in [-0.15, -0.1) is 0 Å². The molecule has 3 aromatic rings. The molecule has 1 N–H and O–H groups in total. The van der Waals surface area contributed by atoms with E-state index in [0.717, 1.165) is 25.5 Å². The van der Waals surface area contributed by atoms with E-state index in [0.29, 0.717) is 0 Å². The van der Waals surface area contributed by atoms with E-state index in [1.54, 1.807) is 0 Å². The molecule has 2 aromatic carbocycles. The van der Waals surface area contributed by atoms with Gasteiger partial charge < -0.3 is 0 Å². The first-order valence-electron chi connectivity index (χ1n) is 5.73. The van der Waals surface area contributed by atoms with Crippen molar-refractivity contribution in [2.45, 2.75) is 0 Å². The Morgan fingerprint density at radius 1 is 0.895 bits per heavy atom. The van der Waals surface area contributed by atoms with Crippen LogP contribution in [-0.4, -0.2) is 24.7 Å². The van der Waals surface area contributed by atoms with Crippen molar-refractivity contribution in [1.29, 1.82) is 0 Å². The van der Waals surface area contributed by atoms with Gasteiger partial charge in [-0.2, -0.15) is 0 Å². The van der Waals surface area contributed by atoms with Crippen molar-refractivity contribution in [1.82, 2.24) is 10.2 Å². The molecule has 1 aromatic heterocycles. The van der Waals surface area contributed by atoms with Crippen LogP contribution in [-0.2, 0) is 0 Å². The molecule has 0 amide bonds. The molecule has 0 saturated heterocycles. The van der Waals surface area contributed by atoms with Crippen LogP contribution in [0.25, 0.3) is 10.1 Å². The Bertz CT molecular complexity index is 665. The average molecular weight is 335 g/mol. The predicted octanol–water partition coefficient (Wildman–Crippen LogP) is 3.60. The summed E-state index contributed by atoms with van der Waals surface area (Å²) in [6.07, 6.45) is 0. The fourth-order valence-corrected chi connectivity index (χ4v) is 3.37. The molecule has 0 radical (unpaired) electrons. The molecule has 19 heavy (non-hydrogen) atoms. The van der Waals surface area contributed by atoms with Crippen LogP contribution in [0.5, 0.6) is 0 Å². The maximum absolute atomic E-state index is 5.88. The SMILES string of the molecule is Clc1ccc(-c2nnc(Nc3ccccc3)[se]2)cc1. The fourth-order valence-electron chi connectivity index (χ4n) is 1.63. The molecule has 1 heterocycles. The second kappa shape index (κ2) is 5.57. The van der Waals surface area contributed by atoms with E-state index in [4.69, 9.17) is 11.6 Å². The first-order chi connectivity index (χ1) is 9.31. The van der Waals surface area contributed by atoms with Gasteiger partial charge in [0.15, 0.2) is 0 Å². The van der Waals surface area contributed by atoms with Crippen LogP contribution in [0.15, 0.2) is 54.6 Å². The second-order valence-electron chi connectivity index (χ2n) is 3.91. The van der Waals surface area contributed by atoms with Gasteiger partial charge in [0.2, 0.25) is 0 Å². The molecule has 3 nitrogen and oxygen atoms in total. The predicted molar refractivity (Wildman–Crippen MR) is 79.1 cm³/mol. The molecule has 5 heteroatoms. The van der Waals surface area contributed by atoms with Crippen LogP contribution >= 0.6 is 11.6 Å². The molecule has 0 bridgehead atoms. The summed E-state index contributed by atoms with van der Waals surface area (Å²) in [5.74, 6) is 0. The number of para-hydroxylation sites is 1. The summed E-state index contributed by atoms with van der Waals surface area (Å²) in [6, 6.07) is 17.7. The summed E-state index contributed by atoms with van der Waals surface area (Å²) in [4.78, 5) is 0. The van der Waals surface area contributed by atoms with Crippen molar-refractivity contribution in [2.75, 3.05) is 5.32 Å². The first-order valence-corrected chi connectivity index (χ1v) is 7.82. The number of benzene rings is 2. The summed E-state index contributed by atoms with van der Waals surface area (Å²) < 4.78 is 1.94. The van der Waals surface area contributed by atoms with Crippen molar-refractivity contribution in [3.8, 4) is 10.1 Å². The monoisotopic (exact) mass is 335 g/mol. The van der Waals surface area contributed by atoms with Gasteiger partial charge in [-0.3, -0.25) is 0 Å². The van der Waals surface area contributed by atoms with Crippen molar-refractivity contribution in [3.05, 3.63) is 59.6 Å². The molecular weight excluding hydrogens is 325 g/mol. The van der Waals surface area contributed by atoms with Gasteiger partial charge >= 0.3 is 122 Å². The van der Waals surface area contributed by atoms with E-state index in [-0.39, 0.29) is 14.5 Å². The molecule has 0 fully saturated rings. The number of halogens is 1. The third-order valence-corrected chi connectivity index (χ3v) is 4.66. The van der Waals surface area contributed by atoms with Crippen LogP contribution in [0.4, 0.5) is 10.4 Å². The Morgan fingerprint density at radius 2 is 1.63 bits per heavy atom. The van der Waals surface area contributed by atoms with Gasteiger partial charge in [0.05, 0.1) is 0 Å². The zero-order valence-electron chi connectivity index (χ0n) is 9.88. The van der Waals surface area contributed by atoms with E-state index in [2.05, 4.69) is 15.5 Å². The minimum absolute atomic E-state index is 0.101. The summed E-state index contributed by atoms with van der Waals surface area (Å²) in [7, 11) is 0. The molecule has 0 unspecified atom stereocenters. The van der Waals surface area contributed by atoms with Crippen LogP contribution in [0.3, 0.4) is 0 Å². The normalized spacial score (nSPS) is 10.4. The van der Waals surface area contributed by atoms with Crippen LogP contribution in [0.1, 0.15) is 0 Å². The Balaban J connectivity index is 1.82. The number of hydrogen-bond donors (Lipinski definition) is 1. The number of rotatable bonds is 3. The maximum atomic E-state index is 5.88. The van der Waals surface area contributed by atoms with Gasteiger partial charge in [0.1, 0.15) is 0 Å². The van der Waals surface area contributed by atoms with E-state index >= 15 is 0 Å². The van der Waals surface area contributed by atoms with E-state index < -0.39 is 0 Å². The zero-order valence-corrected chi connectivity index (χ0v) is 12.3. The Hall–Kier alpha value is -1.61. The summed E-state index contributed by atoms with van der Waals surface area (Å²) in [5, 5.41) is 12.5. The molecule has 0 saturated carbocycles. The van der Waals surface area contributed by atoms with E-state index in [9.17, 15) is 0 Å². The molecule has 0 aliphatic rings. The minimum atomic E-state index is 0.101. The first kappa shape index (κ1) is 12.4. The number of aromatic nitrogens is 2. The van der Waals surface area contributed by atoms with Crippen molar-refractivity contribution < 1.29 is 0 Å². The molecule has 94 valence electrons. The zero-order chi connectivity index (χ0) is 13.1. The summed E-state index contributed by atoms with van der Waals surface area (Å²) in [6.45, 7) is 0. The van der Waals surface area contributed by atoms with Crippen molar-refractivity contribution in [2.24, 2.45) is 0 Å². The fraction of sp³-hybridized carbons (Fsp3) is 0. The summed E-state index contributed by atoms with van der Waals surface area (Å²) >= 11 is 5.98. The Kier molecular flexibility index (Phi) is 3.64. The number of nitrogens with zero attached hydrogens (tertiary/aromatic N) is 2. The Morgan fingerprint density at radius 3 is 2.37 bits per heavy atom. The van der Waals surface area contributed by atoms with Crippen LogP contribution in [0, 0.1) is 0 Å². The average Bonchev–Trinajstić information content (AvgIpc) is 2.89. The quantitative estimate of drug-likeness (QED) is 0.744. The van der Waals surface area contributed by atoms with Crippen molar-refractivity contribution in [3.63, 3.8) is 0 Å². The van der Waals surface area contributed by atoms with Gasteiger partial charge in [-0.05, 0) is 0 Å². The van der Waals surface area contributed by atoms with Crippen LogP contribution in [0.2, 0.25) is 5.02 Å². The topological polar surface area (TPSA) is 37.8 Å². The second-order valence-corrected chi connectivity index (χ2v) is 6.40. The van der Waals surface area contributed by atoms with Gasteiger partial charge in [-0.1, -0.05) is 0 Å². The standard InChI is InChI=1S/C14H10ClN3Se/c15-11-8-6-10(7-9-11)13-17-18-14(19-13)16-12-4-2-1-3-5-12/h1-9H,(H,16,18). The summed E-state index contributed by atoms with van der Waals surface area (Å²) in [5.41, 5.74) is 2.12. The number of nitrogens with one attached hydrogen (secondary N) is 1. The van der Waals surface area contributed by atoms with E-state index in [1.807, 2.05) is 54.6 Å². The molecule has 0 spiro atoms. The van der Waals surface area contributed by atoms with Crippen LogP contribution < -0.4 is 5.32 Å². The Labute approximate surface area is 122 Å². The van der Waals surface area contributed by atoms with Gasteiger partial charge in [0, 0.05) is 0 Å². The number of hydrogen-bond acceptors (Lipinski definition) is 3. The number of anilines is 2. The van der Waals surface area contributed by atoms with Gasteiger partial charge in [0.25, 0.3) is 0 Å². The molecule has 0 aliphatic carbocycles. The van der Waals surface area contributed by atoms with Gasteiger partial charge in [-0.25, -0.2) is 0 Å². The molecule has 3 rings (SSSR count). The third kappa shape index (κ3) is 3.04. The molecule has 0 aliphatic heterocycles.